The van der Waals surface area contributed by atoms with Crippen molar-refractivity contribution in [1.29, 1.82) is 0 Å². The third-order valence-corrected chi connectivity index (χ3v) is 4.13. The fourth-order valence-electron chi connectivity index (χ4n) is 2.71. The quantitative estimate of drug-likeness (QED) is 0.659. The fourth-order valence-corrected chi connectivity index (χ4v) is 2.93. The molecule has 2 atom stereocenters. The van der Waals surface area contributed by atoms with Crippen molar-refractivity contribution in [2.24, 2.45) is 5.92 Å². The third-order valence-electron chi connectivity index (χ3n) is 3.82. The standard InChI is InChI=1S/C14H19ClN2O3/c1-9-5-13(12(15)7-14(9)17(19)20)16-8-10-3-2-4-11(18)6-10/h5,7,10-11,16,18H,2-4,6,8H2,1H3. The van der Waals surface area contributed by atoms with Gasteiger partial charge in [0, 0.05) is 18.2 Å². The summed E-state index contributed by atoms with van der Waals surface area (Å²) in [5.74, 6) is 0.422. The van der Waals surface area contributed by atoms with Gasteiger partial charge >= 0.3 is 0 Å². The van der Waals surface area contributed by atoms with Gasteiger partial charge in [-0.05, 0) is 38.2 Å². The number of aliphatic hydroxyl groups excluding tert-OH is 1. The molecule has 0 aromatic heterocycles. The minimum atomic E-state index is -0.428. The summed E-state index contributed by atoms with van der Waals surface area (Å²) in [6, 6.07) is 3.09. The molecule has 2 N–H and O–H groups in total. The normalized spacial score (nSPS) is 22.6. The Kier molecular flexibility index (Phi) is 4.83. The van der Waals surface area contributed by atoms with Crippen LogP contribution < -0.4 is 5.32 Å². The van der Waals surface area contributed by atoms with Gasteiger partial charge < -0.3 is 10.4 Å². The van der Waals surface area contributed by atoms with Crippen LogP contribution in [0.1, 0.15) is 31.2 Å². The average molecular weight is 299 g/mol. The van der Waals surface area contributed by atoms with Crippen LogP contribution in [0.3, 0.4) is 0 Å². The van der Waals surface area contributed by atoms with Crippen molar-refractivity contribution < 1.29 is 10.0 Å². The third kappa shape index (κ3) is 3.61. The SMILES string of the molecule is Cc1cc(NCC2CCCC(O)C2)c(Cl)cc1[N+](=O)[O-]. The molecule has 1 aromatic carbocycles. The maximum absolute atomic E-state index is 10.8. The molecule has 2 rings (SSSR count). The second-order valence-electron chi connectivity index (χ2n) is 5.44. The fraction of sp³-hybridized carbons (Fsp3) is 0.571. The zero-order valence-corrected chi connectivity index (χ0v) is 12.2. The van der Waals surface area contributed by atoms with Crippen molar-refractivity contribution in [1.82, 2.24) is 0 Å². The summed E-state index contributed by atoms with van der Waals surface area (Å²) in [4.78, 5) is 10.4. The van der Waals surface area contributed by atoms with E-state index in [9.17, 15) is 15.2 Å². The Bertz CT molecular complexity index is 507. The molecule has 20 heavy (non-hydrogen) atoms. The molecule has 110 valence electrons. The molecular formula is C14H19ClN2O3. The highest BCUT2D eigenvalue weighted by atomic mass is 35.5. The van der Waals surface area contributed by atoms with E-state index < -0.39 is 4.92 Å². The lowest BCUT2D eigenvalue weighted by Crippen LogP contribution is -2.25. The molecule has 0 bridgehead atoms. The predicted octanol–water partition coefficient (Wildman–Crippen LogP) is 3.52. The second kappa shape index (κ2) is 6.41. The van der Waals surface area contributed by atoms with Crippen molar-refractivity contribution in [2.45, 2.75) is 38.7 Å². The Morgan fingerprint density at radius 1 is 1.50 bits per heavy atom. The van der Waals surface area contributed by atoms with E-state index in [-0.39, 0.29) is 11.8 Å². The van der Waals surface area contributed by atoms with Gasteiger partial charge in [-0.15, -0.1) is 0 Å². The minimum Gasteiger partial charge on any atom is -0.393 e. The van der Waals surface area contributed by atoms with E-state index in [2.05, 4.69) is 5.32 Å². The molecule has 0 saturated heterocycles. The van der Waals surface area contributed by atoms with Crippen molar-refractivity contribution in [3.05, 3.63) is 32.8 Å². The summed E-state index contributed by atoms with van der Waals surface area (Å²) in [7, 11) is 0. The second-order valence-corrected chi connectivity index (χ2v) is 5.85. The lowest BCUT2D eigenvalue weighted by molar-refractivity contribution is -0.385. The Morgan fingerprint density at radius 2 is 2.25 bits per heavy atom. The van der Waals surface area contributed by atoms with Gasteiger partial charge in [0.1, 0.15) is 0 Å². The molecule has 0 amide bonds. The Morgan fingerprint density at radius 3 is 2.90 bits per heavy atom. The number of nitro groups is 1. The molecule has 0 radical (unpaired) electrons. The largest absolute Gasteiger partial charge is 0.393 e. The highest BCUT2D eigenvalue weighted by Crippen LogP contribution is 2.31. The highest BCUT2D eigenvalue weighted by Gasteiger charge is 2.20. The van der Waals surface area contributed by atoms with Gasteiger partial charge in [-0.1, -0.05) is 18.0 Å². The van der Waals surface area contributed by atoms with Gasteiger partial charge in [-0.2, -0.15) is 0 Å². The summed E-state index contributed by atoms with van der Waals surface area (Å²) < 4.78 is 0. The topological polar surface area (TPSA) is 75.4 Å². The van der Waals surface area contributed by atoms with Crippen LogP contribution in [0.5, 0.6) is 0 Å². The van der Waals surface area contributed by atoms with Gasteiger partial charge in [0.2, 0.25) is 0 Å². The molecule has 0 aliphatic heterocycles. The van der Waals surface area contributed by atoms with Crippen molar-refractivity contribution in [3.8, 4) is 0 Å². The molecule has 5 nitrogen and oxygen atoms in total. The minimum absolute atomic E-state index is 0.0358. The molecule has 1 fully saturated rings. The smallest absolute Gasteiger partial charge is 0.273 e. The number of nitrogens with zero attached hydrogens (tertiary/aromatic N) is 1. The number of hydrogen-bond acceptors (Lipinski definition) is 4. The zero-order chi connectivity index (χ0) is 14.7. The average Bonchev–Trinajstić information content (AvgIpc) is 2.39. The number of nitrogens with one attached hydrogen (secondary N) is 1. The van der Waals surface area contributed by atoms with Crippen LogP contribution in [-0.4, -0.2) is 22.7 Å². The number of halogens is 1. The van der Waals surface area contributed by atoms with E-state index in [1.165, 1.54) is 6.07 Å². The maximum Gasteiger partial charge on any atom is 0.273 e. The van der Waals surface area contributed by atoms with E-state index in [4.69, 9.17) is 11.6 Å². The Labute approximate surface area is 123 Å². The van der Waals surface area contributed by atoms with Crippen molar-refractivity contribution in [2.75, 3.05) is 11.9 Å². The molecule has 6 heteroatoms. The molecule has 0 heterocycles. The summed E-state index contributed by atoms with van der Waals surface area (Å²) >= 11 is 6.08. The first-order valence-corrected chi connectivity index (χ1v) is 7.21. The van der Waals surface area contributed by atoms with Crippen LogP contribution in [0.2, 0.25) is 5.02 Å². The number of aliphatic hydroxyl groups is 1. The summed E-state index contributed by atoms with van der Waals surface area (Å²) in [5, 5.41) is 24.1. The number of benzene rings is 1. The monoisotopic (exact) mass is 298 g/mol. The van der Waals surface area contributed by atoms with E-state index in [1.54, 1.807) is 13.0 Å². The summed E-state index contributed by atoms with van der Waals surface area (Å²) in [6.07, 6.45) is 3.61. The number of hydrogen-bond donors (Lipinski definition) is 2. The van der Waals surface area contributed by atoms with Gasteiger partial charge in [-0.25, -0.2) is 0 Å². The Hall–Kier alpha value is -1.33. The van der Waals surface area contributed by atoms with Crippen molar-refractivity contribution in [3.63, 3.8) is 0 Å². The van der Waals surface area contributed by atoms with Crippen LogP contribution in [0.4, 0.5) is 11.4 Å². The van der Waals surface area contributed by atoms with Gasteiger partial charge in [0.15, 0.2) is 0 Å². The van der Waals surface area contributed by atoms with Gasteiger partial charge in [-0.3, -0.25) is 10.1 Å². The van der Waals surface area contributed by atoms with E-state index in [0.29, 0.717) is 16.5 Å². The molecule has 2 unspecified atom stereocenters. The summed E-state index contributed by atoms with van der Waals surface area (Å²) in [6.45, 7) is 2.43. The number of nitro benzene ring substituents is 1. The van der Waals surface area contributed by atoms with E-state index in [1.807, 2.05) is 0 Å². The lowest BCUT2D eigenvalue weighted by Gasteiger charge is -2.26. The number of anilines is 1. The van der Waals surface area contributed by atoms with Crippen LogP contribution >= 0.6 is 11.6 Å². The number of rotatable bonds is 4. The number of aryl methyl sites for hydroxylation is 1. The molecular weight excluding hydrogens is 280 g/mol. The van der Waals surface area contributed by atoms with E-state index in [0.717, 1.165) is 37.9 Å². The van der Waals surface area contributed by atoms with Gasteiger partial charge in [0.05, 0.1) is 21.7 Å². The molecule has 0 spiro atoms. The predicted molar refractivity (Wildman–Crippen MR) is 79.3 cm³/mol. The molecule has 1 aliphatic rings. The van der Waals surface area contributed by atoms with Crippen LogP contribution in [0, 0.1) is 23.0 Å². The first kappa shape index (κ1) is 15.1. The lowest BCUT2D eigenvalue weighted by atomic mass is 9.87. The highest BCUT2D eigenvalue weighted by molar-refractivity contribution is 6.33. The van der Waals surface area contributed by atoms with Crippen LogP contribution in [0.25, 0.3) is 0 Å². The van der Waals surface area contributed by atoms with Crippen LogP contribution in [0.15, 0.2) is 12.1 Å². The molecule has 1 aromatic rings. The zero-order valence-electron chi connectivity index (χ0n) is 11.4. The van der Waals surface area contributed by atoms with Crippen LogP contribution in [-0.2, 0) is 0 Å². The van der Waals surface area contributed by atoms with Crippen molar-refractivity contribution >= 4 is 23.0 Å². The molecule has 1 saturated carbocycles. The van der Waals surface area contributed by atoms with Gasteiger partial charge in [0.25, 0.3) is 5.69 Å². The first-order chi connectivity index (χ1) is 9.47. The summed E-state index contributed by atoms with van der Waals surface area (Å²) in [5.41, 5.74) is 1.34. The maximum atomic E-state index is 10.8. The Balaban J connectivity index is 2.02. The molecule has 1 aliphatic carbocycles. The van der Waals surface area contributed by atoms with E-state index >= 15 is 0 Å². The first-order valence-electron chi connectivity index (χ1n) is 6.84.